The Bertz CT molecular complexity index is 497. The Balaban J connectivity index is 2.38. The molecule has 2 nitrogen and oxygen atoms in total. The third kappa shape index (κ3) is 2.87. The highest BCUT2D eigenvalue weighted by molar-refractivity contribution is 5.76. The predicted molar refractivity (Wildman–Crippen MR) is 71.1 cm³/mol. The maximum atomic E-state index is 5.90. The molecule has 0 unspecified atom stereocenters. The third-order valence-corrected chi connectivity index (χ3v) is 2.75. The predicted octanol–water partition coefficient (Wildman–Crippen LogP) is 4.22. The van der Waals surface area contributed by atoms with E-state index in [2.05, 4.69) is 44.8 Å². The molecule has 1 aromatic carbocycles. The monoisotopic (exact) mass is 231 g/mol. The largest absolute Gasteiger partial charge is 0.440 e. The van der Waals surface area contributed by atoms with Crippen molar-refractivity contribution in [3.8, 4) is 0 Å². The first-order valence-corrected chi connectivity index (χ1v) is 6.43. The van der Waals surface area contributed by atoms with Crippen LogP contribution in [0.4, 0.5) is 0 Å². The van der Waals surface area contributed by atoms with E-state index in [0.717, 1.165) is 29.8 Å². The minimum Gasteiger partial charge on any atom is -0.440 e. The van der Waals surface area contributed by atoms with Crippen LogP contribution in [0.2, 0.25) is 0 Å². The fourth-order valence-electron chi connectivity index (χ4n) is 2.09. The smallest absolute Gasteiger partial charge is 0.195 e. The molecule has 0 radical (unpaired) electrons. The summed E-state index contributed by atoms with van der Waals surface area (Å²) < 4.78 is 5.90. The number of hydrogen-bond acceptors (Lipinski definition) is 2. The number of oxazole rings is 1. The SMILES string of the molecule is CC(C)Cc1nc2cccc(CC(C)C)c2o1. The Morgan fingerprint density at radius 2 is 1.76 bits per heavy atom. The van der Waals surface area contributed by atoms with Crippen LogP contribution in [0.5, 0.6) is 0 Å². The number of nitrogens with zero attached hydrogens (tertiary/aromatic N) is 1. The Morgan fingerprint density at radius 1 is 1.06 bits per heavy atom. The van der Waals surface area contributed by atoms with E-state index >= 15 is 0 Å². The van der Waals surface area contributed by atoms with Crippen LogP contribution >= 0.6 is 0 Å². The second-order valence-electron chi connectivity index (χ2n) is 5.57. The first-order valence-electron chi connectivity index (χ1n) is 6.43. The molecule has 0 saturated carbocycles. The highest BCUT2D eigenvalue weighted by Crippen LogP contribution is 2.23. The van der Waals surface area contributed by atoms with Gasteiger partial charge in [0.15, 0.2) is 11.5 Å². The van der Waals surface area contributed by atoms with Crippen molar-refractivity contribution in [3.05, 3.63) is 29.7 Å². The molecule has 0 atom stereocenters. The molecule has 2 heteroatoms. The number of fused-ring (bicyclic) bond motifs is 1. The van der Waals surface area contributed by atoms with Crippen molar-refractivity contribution in [2.75, 3.05) is 0 Å². The number of benzene rings is 1. The van der Waals surface area contributed by atoms with Gasteiger partial charge in [0, 0.05) is 6.42 Å². The van der Waals surface area contributed by atoms with E-state index in [1.54, 1.807) is 0 Å². The van der Waals surface area contributed by atoms with E-state index in [9.17, 15) is 0 Å². The molecule has 92 valence electrons. The molecule has 0 spiro atoms. The molecule has 17 heavy (non-hydrogen) atoms. The topological polar surface area (TPSA) is 26.0 Å². The summed E-state index contributed by atoms with van der Waals surface area (Å²) in [7, 11) is 0. The maximum absolute atomic E-state index is 5.90. The molecule has 0 saturated heterocycles. The zero-order chi connectivity index (χ0) is 12.4. The van der Waals surface area contributed by atoms with Gasteiger partial charge in [-0.2, -0.15) is 0 Å². The fraction of sp³-hybridized carbons (Fsp3) is 0.533. The van der Waals surface area contributed by atoms with Crippen molar-refractivity contribution < 1.29 is 4.42 Å². The molecular formula is C15H21NO. The van der Waals surface area contributed by atoms with Crippen LogP contribution < -0.4 is 0 Å². The number of hydrogen-bond donors (Lipinski definition) is 0. The highest BCUT2D eigenvalue weighted by atomic mass is 16.3. The molecule has 0 amide bonds. The summed E-state index contributed by atoms with van der Waals surface area (Å²) in [5.74, 6) is 2.09. The molecule has 0 aliphatic carbocycles. The van der Waals surface area contributed by atoms with Crippen LogP contribution in [-0.2, 0) is 12.8 Å². The van der Waals surface area contributed by atoms with E-state index in [-0.39, 0.29) is 0 Å². The Hall–Kier alpha value is -1.31. The van der Waals surface area contributed by atoms with Gasteiger partial charge in [-0.25, -0.2) is 4.98 Å². The Labute approximate surface area is 103 Å². The quantitative estimate of drug-likeness (QED) is 0.787. The lowest BCUT2D eigenvalue weighted by molar-refractivity contribution is 0.479. The number of aromatic nitrogens is 1. The first kappa shape index (κ1) is 12.2. The van der Waals surface area contributed by atoms with Gasteiger partial charge in [0.2, 0.25) is 0 Å². The zero-order valence-corrected chi connectivity index (χ0v) is 11.2. The summed E-state index contributed by atoms with van der Waals surface area (Å²) in [6.07, 6.45) is 1.96. The third-order valence-electron chi connectivity index (χ3n) is 2.75. The van der Waals surface area contributed by atoms with Gasteiger partial charge in [0.1, 0.15) is 5.52 Å². The van der Waals surface area contributed by atoms with E-state index < -0.39 is 0 Å². The molecule has 0 aliphatic heterocycles. The van der Waals surface area contributed by atoms with Crippen LogP contribution in [0.3, 0.4) is 0 Å². The van der Waals surface area contributed by atoms with Gasteiger partial charge in [-0.1, -0.05) is 39.8 Å². The Morgan fingerprint density at radius 3 is 2.41 bits per heavy atom. The van der Waals surface area contributed by atoms with Crippen LogP contribution in [0.25, 0.3) is 11.1 Å². The summed E-state index contributed by atoms with van der Waals surface area (Å²) in [6, 6.07) is 6.25. The lowest BCUT2D eigenvalue weighted by atomic mass is 10.0. The molecule has 2 aromatic rings. The van der Waals surface area contributed by atoms with Crippen LogP contribution in [0.15, 0.2) is 22.6 Å². The summed E-state index contributed by atoms with van der Waals surface area (Å²) in [5.41, 5.74) is 3.26. The van der Waals surface area contributed by atoms with Gasteiger partial charge in [-0.05, 0) is 29.9 Å². The lowest BCUT2D eigenvalue weighted by Gasteiger charge is -2.04. The van der Waals surface area contributed by atoms with Crippen molar-refractivity contribution in [2.45, 2.75) is 40.5 Å². The molecule has 1 heterocycles. The normalized spacial score (nSPS) is 11.9. The zero-order valence-electron chi connectivity index (χ0n) is 11.2. The van der Waals surface area contributed by atoms with Gasteiger partial charge in [-0.15, -0.1) is 0 Å². The maximum Gasteiger partial charge on any atom is 0.195 e. The van der Waals surface area contributed by atoms with Crippen LogP contribution in [0.1, 0.15) is 39.1 Å². The molecule has 0 aliphatic rings. The average molecular weight is 231 g/mol. The second-order valence-corrected chi connectivity index (χ2v) is 5.57. The number of rotatable bonds is 4. The number of para-hydroxylation sites is 1. The van der Waals surface area contributed by atoms with Gasteiger partial charge in [-0.3, -0.25) is 0 Å². The van der Waals surface area contributed by atoms with E-state index in [1.165, 1.54) is 5.56 Å². The van der Waals surface area contributed by atoms with E-state index in [1.807, 2.05) is 6.07 Å². The second kappa shape index (κ2) is 4.91. The van der Waals surface area contributed by atoms with Crippen molar-refractivity contribution in [2.24, 2.45) is 11.8 Å². The van der Waals surface area contributed by atoms with E-state index in [0.29, 0.717) is 11.8 Å². The van der Waals surface area contributed by atoms with Crippen molar-refractivity contribution >= 4 is 11.1 Å². The summed E-state index contributed by atoms with van der Waals surface area (Å²) in [6.45, 7) is 8.82. The average Bonchev–Trinajstić information content (AvgIpc) is 2.59. The highest BCUT2D eigenvalue weighted by Gasteiger charge is 2.11. The van der Waals surface area contributed by atoms with Gasteiger partial charge < -0.3 is 4.42 Å². The molecule has 1 aromatic heterocycles. The van der Waals surface area contributed by atoms with Crippen molar-refractivity contribution in [3.63, 3.8) is 0 Å². The Kier molecular flexibility index (Phi) is 3.51. The van der Waals surface area contributed by atoms with Crippen LogP contribution in [0, 0.1) is 11.8 Å². The molecular weight excluding hydrogens is 210 g/mol. The van der Waals surface area contributed by atoms with Crippen molar-refractivity contribution in [1.29, 1.82) is 0 Å². The minimum atomic E-state index is 0.580. The molecule has 2 rings (SSSR count). The summed E-state index contributed by atoms with van der Waals surface area (Å²) in [5, 5.41) is 0. The van der Waals surface area contributed by atoms with Gasteiger partial charge >= 0.3 is 0 Å². The molecule has 0 bridgehead atoms. The summed E-state index contributed by atoms with van der Waals surface area (Å²) in [4.78, 5) is 4.55. The van der Waals surface area contributed by atoms with Crippen LogP contribution in [-0.4, -0.2) is 4.98 Å². The fourth-order valence-corrected chi connectivity index (χ4v) is 2.09. The van der Waals surface area contributed by atoms with Gasteiger partial charge in [0.25, 0.3) is 0 Å². The lowest BCUT2D eigenvalue weighted by Crippen LogP contribution is -1.94. The molecule has 0 N–H and O–H groups in total. The first-order chi connectivity index (χ1) is 8.06. The standard InChI is InChI=1S/C15H21NO/c1-10(2)8-12-6-5-7-13-15(12)17-14(16-13)9-11(3)4/h5-7,10-11H,8-9H2,1-4H3. The van der Waals surface area contributed by atoms with E-state index in [4.69, 9.17) is 4.42 Å². The minimum absolute atomic E-state index is 0.580. The van der Waals surface area contributed by atoms with Gasteiger partial charge in [0.05, 0.1) is 0 Å². The summed E-state index contributed by atoms with van der Waals surface area (Å²) >= 11 is 0. The van der Waals surface area contributed by atoms with Crippen molar-refractivity contribution in [1.82, 2.24) is 4.98 Å². The molecule has 0 fully saturated rings.